The smallest absolute Gasteiger partial charge is 0.336 e. The van der Waals surface area contributed by atoms with Crippen molar-refractivity contribution in [2.45, 2.75) is 33.1 Å². The Morgan fingerprint density at radius 1 is 1.29 bits per heavy atom. The molecule has 1 N–H and O–H groups in total. The Morgan fingerprint density at radius 2 is 2.07 bits per heavy atom. The molecule has 0 atom stereocenters. The number of nitrogens with zero attached hydrogens (tertiary/aromatic N) is 3. The van der Waals surface area contributed by atoms with Crippen molar-refractivity contribution in [1.82, 2.24) is 14.8 Å². The third-order valence-electron chi connectivity index (χ3n) is 4.73. The summed E-state index contributed by atoms with van der Waals surface area (Å²) in [5.74, 6) is 1.43. The highest BCUT2D eigenvalue weighted by atomic mass is 32.1. The van der Waals surface area contributed by atoms with Crippen molar-refractivity contribution in [1.29, 1.82) is 0 Å². The summed E-state index contributed by atoms with van der Waals surface area (Å²) in [6, 6.07) is 12.1. The van der Waals surface area contributed by atoms with Crippen LogP contribution in [0.2, 0.25) is 0 Å². The summed E-state index contributed by atoms with van der Waals surface area (Å²) in [5, 5.41) is 9.56. The molecule has 146 valence electrons. The zero-order valence-electron chi connectivity index (χ0n) is 16.1. The highest BCUT2D eigenvalue weighted by Crippen LogP contribution is 2.29. The molecule has 4 rings (SSSR count). The number of carbonyl (C=O) groups is 1. The fourth-order valence-electron chi connectivity index (χ4n) is 2.94. The topological polar surface area (TPSA) is 69.0 Å². The Kier molecular flexibility index (Phi) is 5.43. The molecule has 0 bridgehead atoms. The van der Waals surface area contributed by atoms with Gasteiger partial charge in [0.2, 0.25) is 5.91 Å². The van der Waals surface area contributed by atoms with Crippen LogP contribution in [0.15, 0.2) is 41.8 Å². The van der Waals surface area contributed by atoms with E-state index < -0.39 is 0 Å². The monoisotopic (exact) mass is 396 g/mol. The Balaban J connectivity index is 1.57. The quantitative estimate of drug-likeness (QED) is 0.625. The van der Waals surface area contributed by atoms with Gasteiger partial charge < -0.3 is 10.1 Å². The van der Waals surface area contributed by atoms with Crippen LogP contribution < -0.4 is 10.1 Å². The van der Waals surface area contributed by atoms with E-state index in [-0.39, 0.29) is 11.8 Å². The third kappa shape index (κ3) is 4.09. The van der Waals surface area contributed by atoms with Gasteiger partial charge in [-0.25, -0.2) is 4.68 Å². The fraction of sp³-hybridized carbons (Fsp3) is 0.381. The number of amides is 1. The number of hydrogen-bond acceptors (Lipinski definition) is 5. The van der Waals surface area contributed by atoms with Crippen LogP contribution in [0.1, 0.15) is 33.1 Å². The van der Waals surface area contributed by atoms with E-state index in [1.165, 1.54) is 0 Å². The Bertz CT molecular complexity index is 928. The van der Waals surface area contributed by atoms with Gasteiger partial charge in [0, 0.05) is 11.6 Å². The summed E-state index contributed by atoms with van der Waals surface area (Å²) in [4.78, 5) is 17.7. The maximum Gasteiger partial charge on any atom is 0.336 e. The maximum absolute atomic E-state index is 12.1. The number of rotatable bonds is 7. The van der Waals surface area contributed by atoms with E-state index in [9.17, 15) is 4.79 Å². The first-order valence-corrected chi connectivity index (χ1v) is 10.5. The molecule has 0 radical (unpaired) electrons. The summed E-state index contributed by atoms with van der Waals surface area (Å²) >= 11 is 1.61. The predicted molar refractivity (Wildman–Crippen MR) is 111 cm³/mol. The minimum Gasteiger partial charge on any atom is -0.462 e. The molecule has 1 aliphatic carbocycles. The number of hydrogen-bond donors (Lipinski definition) is 1. The molecule has 7 heteroatoms. The second kappa shape index (κ2) is 8.14. The van der Waals surface area contributed by atoms with E-state index in [0.29, 0.717) is 18.5 Å². The van der Waals surface area contributed by atoms with Gasteiger partial charge in [-0.2, -0.15) is 4.98 Å². The first-order valence-electron chi connectivity index (χ1n) is 9.65. The summed E-state index contributed by atoms with van der Waals surface area (Å²) in [5.41, 5.74) is 1.67. The van der Waals surface area contributed by atoms with Gasteiger partial charge in [-0.05, 0) is 54.5 Å². The van der Waals surface area contributed by atoms with Crippen molar-refractivity contribution in [2.24, 2.45) is 11.8 Å². The number of anilines is 1. The van der Waals surface area contributed by atoms with E-state index in [0.717, 1.165) is 41.3 Å². The molecular formula is C21H24N4O2S. The maximum atomic E-state index is 12.1. The van der Waals surface area contributed by atoms with Crippen molar-refractivity contribution in [3.8, 4) is 22.4 Å². The van der Waals surface area contributed by atoms with E-state index in [1.54, 1.807) is 16.0 Å². The molecule has 28 heavy (non-hydrogen) atoms. The first-order chi connectivity index (χ1) is 13.6. The molecule has 0 spiro atoms. The molecular weight excluding hydrogens is 372 g/mol. The van der Waals surface area contributed by atoms with E-state index in [1.807, 2.05) is 41.8 Å². The number of aromatic nitrogens is 3. The van der Waals surface area contributed by atoms with E-state index in [2.05, 4.69) is 29.2 Å². The second-order valence-electron chi connectivity index (χ2n) is 7.48. The van der Waals surface area contributed by atoms with Crippen molar-refractivity contribution in [3.63, 3.8) is 0 Å². The number of nitrogens with one attached hydrogen (secondary N) is 1. The molecule has 2 heterocycles. The minimum atomic E-state index is 0.114. The molecule has 0 unspecified atom stereocenters. The number of carbonyl (C=O) groups excluding carboxylic acids is 1. The lowest BCUT2D eigenvalue weighted by Crippen LogP contribution is -2.27. The minimum absolute atomic E-state index is 0.114. The number of benzene rings is 1. The van der Waals surface area contributed by atoms with Crippen LogP contribution in [-0.4, -0.2) is 27.3 Å². The average molecular weight is 397 g/mol. The van der Waals surface area contributed by atoms with Crippen LogP contribution in [0.3, 0.4) is 0 Å². The Labute approximate surface area is 168 Å². The third-order valence-corrected chi connectivity index (χ3v) is 5.60. The zero-order chi connectivity index (χ0) is 19.5. The summed E-state index contributed by atoms with van der Waals surface area (Å²) < 4.78 is 7.53. The van der Waals surface area contributed by atoms with Crippen LogP contribution in [0.4, 0.5) is 5.69 Å². The van der Waals surface area contributed by atoms with Crippen LogP contribution in [0.25, 0.3) is 16.4 Å². The highest BCUT2D eigenvalue weighted by Gasteiger charge is 2.25. The van der Waals surface area contributed by atoms with Crippen molar-refractivity contribution < 1.29 is 9.53 Å². The van der Waals surface area contributed by atoms with Gasteiger partial charge in [0.05, 0.1) is 17.2 Å². The van der Waals surface area contributed by atoms with Crippen molar-refractivity contribution in [2.75, 3.05) is 11.9 Å². The zero-order valence-corrected chi connectivity index (χ0v) is 16.9. The average Bonchev–Trinajstić information content (AvgIpc) is 3.28. The van der Waals surface area contributed by atoms with Crippen LogP contribution in [0.5, 0.6) is 6.01 Å². The lowest BCUT2D eigenvalue weighted by Gasteiger charge is -2.24. The molecule has 1 aliphatic rings. The Hall–Kier alpha value is -2.67. The lowest BCUT2D eigenvalue weighted by atomic mass is 9.85. The fourth-order valence-corrected chi connectivity index (χ4v) is 3.64. The summed E-state index contributed by atoms with van der Waals surface area (Å²) in [6.07, 6.45) is 3.13. The lowest BCUT2D eigenvalue weighted by molar-refractivity contribution is -0.122. The molecule has 0 aliphatic heterocycles. The molecule has 2 aromatic heterocycles. The predicted octanol–water partition coefficient (Wildman–Crippen LogP) is 4.77. The van der Waals surface area contributed by atoms with E-state index in [4.69, 9.17) is 4.74 Å². The van der Waals surface area contributed by atoms with Crippen LogP contribution >= 0.6 is 11.3 Å². The summed E-state index contributed by atoms with van der Waals surface area (Å²) in [6.45, 7) is 4.75. The molecule has 0 saturated heterocycles. The molecule has 1 saturated carbocycles. The van der Waals surface area contributed by atoms with Gasteiger partial charge in [0.1, 0.15) is 0 Å². The number of thiophene rings is 1. The van der Waals surface area contributed by atoms with E-state index >= 15 is 0 Å². The SMILES string of the molecule is CC(C)COc1nc(-c2cccs2)n(-c2ccc(NC(=O)C3CCC3)cc2)n1. The molecule has 6 nitrogen and oxygen atoms in total. The van der Waals surface area contributed by atoms with Gasteiger partial charge >= 0.3 is 6.01 Å². The molecule has 3 aromatic rings. The summed E-state index contributed by atoms with van der Waals surface area (Å²) in [7, 11) is 0. The first kappa shape index (κ1) is 18.7. The largest absolute Gasteiger partial charge is 0.462 e. The van der Waals surface area contributed by atoms with Gasteiger partial charge in [-0.3, -0.25) is 4.79 Å². The Morgan fingerprint density at radius 3 is 2.68 bits per heavy atom. The molecule has 1 amide bonds. The van der Waals surface area contributed by atoms with Gasteiger partial charge in [-0.15, -0.1) is 16.4 Å². The van der Waals surface area contributed by atoms with Gasteiger partial charge in [0.25, 0.3) is 0 Å². The van der Waals surface area contributed by atoms with Crippen molar-refractivity contribution >= 4 is 22.9 Å². The van der Waals surface area contributed by atoms with Crippen LogP contribution in [0, 0.1) is 11.8 Å². The van der Waals surface area contributed by atoms with Gasteiger partial charge in [-0.1, -0.05) is 26.3 Å². The molecule has 1 fully saturated rings. The standard InChI is InChI=1S/C21H24N4O2S/c1-14(2)13-27-21-23-19(18-7-4-12-28-18)25(24-21)17-10-8-16(9-11-17)22-20(26)15-5-3-6-15/h4,7-12,14-15H,3,5-6,13H2,1-2H3,(H,22,26). The van der Waals surface area contributed by atoms with Gasteiger partial charge in [0.15, 0.2) is 5.82 Å². The second-order valence-corrected chi connectivity index (χ2v) is 8.42. The van der Waals surface area contributed by atoms with Crippen LogP contribution in [-0.2, 0) is 4.79 Å². The normalized spacial score (nSPS) is 14.1. The number of ether oxygens (including phenoxy) is 1. The van der Waals surface area contributed by atoms with Crippen molar-refractivity contribution in [3.05, 3.63) is 41.8 Å². The highest BCUT2D eigenvalue weighted by molar-refractivity contribution is 7.13. The molecule has 1 aromatic carbocycles.